The van der Waals surface area contributed by atoms with Crippen molar-refractivity contribution in [1.29, 1.82) is 0 Å². The summed E-state index contributed by atoms with van der Waals surface area (Å²) in [6, 6.07) is 8.97. The first-order valence-electron chi connectivity index (χ1n) is 8.26. The molecule has 1 aromatic rings. The first-order chi connectivity index (χ1) is 9.74. The van der Waals surface area contributed by atoms with Gasteiger partial charge in [0.05, 0.1) is 0 Å². The van der Waals surface area contributed by atoms with Crippen LogP contribution in [0.3, 0.4) is 0 Å². The number of fused-ring (bicyclic) bond motifs is 1. The first kappa shape index (κ1) is 15.4. The Hall–Kier alpha value is -1.02. The summed E-state index contributed by atoms with van der Waals surface area (Å²) in [5.74, 6) is 1.08. The van der Waals surface area contributed by atoms with Gasteiger partial charge in [-0.2, -0.15) is 0 Å². The third-order valence-electron chi connectivity index (χ3n) is 4.66. The molecule has 112 valence electrons. The van der Waals surface area contributed by atoms with Crippen molar-refractivity contribution < 1.29 is 4.74 Å². The van der Waals surface area contributed by atoms with Gasteiger partial charge in [0.15, 0.2) is 0 Å². The molecule has 0 amide bonds. The van der Waals surface area contributed by atoms with Gasteiger partial charge in [0.2, 0.25) is 0 Å². The van der Waals surface area contributed by atoms with Gasteiger partial charge < -0.3 is 10.1 Å². The van der Waals surface area contributed by atoms with Crippen LogP contribution in [0.5, 0.6) is 5.75 Å². The van der Waals surface area contributed by atoms with E-state index in [-0.39, 0.29) is 5.60 Å². The summed E-state index contributed by atoms with van der Waals surface area (Å²) in [6.45, 7) is 7.84. The van der Waals surface area contributed by atoms with Crippen molar-refractivity contribution >= 4 is 0 Å². The van der Waals surface area contributed by atoms with E-state index in [0.29, 0.717) is 6.04 Å². The Labute approximate surface area is 123 Å². The van der Waals surface area contributed by atoms with Crippen molar-refractivity contribution in [1.82, 2.24) is 5.32 Å². The van der Waals surface area contributed by atoms with E-state index in [2.05, 4.69) is 50.4 Å². The average Bonchev–Trinajstić information content (AvgIpc) is 2.51. The molecule has 2 heteroatoms. The molecule has 2 rings (SSSR count). The van der Waals surface area contributed by atoms with Gasteiger partial charge in [-0.25, -0.2) is 0 Å². The molecule has 0 spiro atoms. The Bertz CT molecular complexity index is 412. The summed E-state index contributed by atoms with van der Waals surface area (Å²) in [4.78, 5) is 0. The Morgan fingerprint density at radius 1 is 1.15 bits per heavy atom. The van der Waals surface area contributed by atoms with Crippen LogP contribution in [0.4, 0.5) is 0 Å². The largest absolute Gasteiger partial charge is 0.487 e. The highest BCUT2D eigenvalue weighted by Crippen LogP contribution is 2.42. The summed E-state index contributed by atoms with van der Waals surface area (Å²) in [5.41, 5.74) is 1.35. The molecule has 0 aliphatic carbocycles. The Kier molecular flexibility index (Phi) is 5.47. The number of para-hydroxylation sites is 1. The predicted octanol–water partition coefficient (Wildman–Crippen LogP) is 4.85. The molecule has 20 heavy (non-hydrogen) atoms. The van der Waals surface area contributed by atoms with Gasteiger partial charge in [-0.05, 0) is 31.9 Å². The van der Waals surface area contributed by atoms with Crippen molar-refractivity contribution in [3.8, 4) is 5.75 Å². The van der Waals surface area contributed by atoms with Crippen LogP contribution in [-0.4, -0.2) is 12.1 Å². The fourth-order valence-corrected chi connectivity index (χ4v) is 3.13. The molecule has 1 aliphatic rings. The van der Waals surface area contributed by atoms with Crippen molar-refractivity contribution in [2.24, 2.45) is 0 Å². The minimum absolute atomic E-state index is 0.0107. The van der Waals surface area contributed by atoms with Crippen molar-refractivity contribution in [2.75, 3.05) is 6.54 Å². The lowest BCUT2D eigenvalue weighted by molar-refractivity contribution is 0.0228. The SMILES string of the molecule is CCCCCNC1CC(CC)(CC)Oc2ccccc21. The van der Waals surface area contributed by atoms with Crippen LogP contribution in [0.1, 0.15) is 70.9 Å². The number of hydrogen-bond acceptors (Lipinski definition) is 2. The monoisotopic (exact) mass is 275 g/mol. The van der Waals surface area contributed by atoms with Crippen molar-refractivity contribution in [3.63, 3.8) is 0 Å². The van der Waals surface area contributed by atoms with Crippen LogP contribution in [0.15, 0.2) is 24.3 Å². The van der Waals surface area contributed by atoms with Gasteiger partial charge in [0.1, 0.15) is 11.4 Å². The summed E-state index contributed by atoms with van der Waals surface area (Å²) in [7, 11) is 0. The summed E-state index contributed by atoms with van der Waals surface area (Å²) < 4.78 is 6.34. The van der Waals surface area contributed by atoms with Gasteiger partial charge in [-0.15, -0.1) is 0 Å². The van der Waals surface area contributed by atoms with E-state index in [9.17, 15) is 0 Å². The van der Waals surface area contributed by atoms with Crippen LogP contribution in [-0.2, 0) is 0 Å². The molecule has 1 aliphatic heterocycles. The quantitative estimate of drug-likeness (QED) is 0.718. The van der Waals surface area contributed by atoms with E-state index in [1.165, 1.54) is 24.8 Å². The Morgan fingerprint density at radius 2 is 1.90 bits per heavy atom. The van der Waals surface area contributed by atoms with Crippen LogP contribution < -0.4 is 10.1 Å². The molecule has 1 N–H and O–H groups in total. The smallest absolute Gasteiger partial charge is 0.124 e. The third kappa shape index (κ3) is 3.35. The highest BCUT2D eigenvalue weighted by molar-refractivity contribution is 5.38. The molecule has 1 aromatic carbocycles. The molecule has 0 aromatic heterocycles. The molecule has 0 saturated carbocycles. The summed E-state index contributed by atoms with van der Waals surface area (Å²) >= 11 is 0. The van der Waals surface area contributed by atoms with Crippen molar-refractivity contribution in [3.05, 3.63) is 29.8 Å². The van der Waals surface area contributed by atoms with Gasteiger partial charge >= 0.3 is 0 Å². The van der Waals surface area contributed by atoms with Gasteiger partial charge in [0.25, 0.3) is 0 Å². The van der Waals surface area contributed by atoms with E-state index in [4.69, 9.17) is 4.74 Å². The second kappa shape index (κ2) is 7.12. The summed E-state index contributed by atoms with van der Waals surface area (Å²) in [5, 5.41) is 3.76. The first-order valence-corrected chi connectivity index (χ1v) is 8.26. The van der Waals surface area contributed by atoms with E-state index in [1.807, 2.05) is 0 Å². The lowest BCUT2D eigenvalue weighted by Gasteiger charge is -2.42. The normalized spacial score (nSPS) is 20.2. The van der Waals surface area contributed by atoms with Crippen LogP contribution >= 0.6 is 0 Å². The molecule has 0 bridgehead atoms. The Morgan fingerprint density at radius 3 is 2.60 bits per heavy atom. The van der Waals surface area contributed by atoms with Crippen LogP contribution in [0, 0.1) is 0 Å². The standard InChI is InChI=1S/C18H29NO/c1-4-7-10-13-19-16-14-18(5-2,6-3)20-17-12-9-8-11-15(16)17/h8-9,11-12,16,19H,4-7,10,13-14H2,1-3H3. The maximum Gasteiger partial charge on any atom is 0.124 e. The zero-order chi connectivity index (χ0) is 14.4. The fourth-order valence-electron chi connectivity index (χ4n) is 3.13. The maximum atomic E-state index is 6.34. The average molecular weight is 275 g/mol. The molecule has 0 fully saturated rings. The maximum absolute atomic E-state index is 6.34. The van der Waals surface area contributed by atoms with Gasteiger partial charge in [-0.1, -0.05) is 51.8 Å². The number of benzene rings is 1. The molecular weight excluding hydrogens is 246 g/mol. The number of ether oxygens (including phenoxy) is 1. The predicted molar refractivity (Wildman–Crippen MR) is 85.3 cm³/mol. The number of nitrogens with one attached hydrogen (secondary N) is 1. The number of rotatable bonds is 7. The van der Waals surface area contributed by atoms with E-state index in [0.717, 1.165) is 31.6 Å². The lowest BCUT2D eigenvalue weighted by Crippen LogP contribution is -2.43. The second-order valence-electron chi connectivity index (χ2n) is 5.95. The molecule has 0 radical (unpaired) electrons. The molecule has 1 unspecified atom stereocenters. The van der Waals surface area contributed by atoms with E-state index in [1.54, 1.807) is 0 Å². The number of unbranched alkanes of at least 4 members (excludes halogenated alkanes) is 2. The topological polar surface area (TPSA) is 21.3 Å². The molecular formula is C18H29NO. The minimum Gasteiger partial charge on any atom is -0.487 e. The zero-order valence-corrected chi connectivity index (χ0v) is 13.2. The fraction of sp³-hybridized carbons (Fsp3) is 0.667. The van der Waals surface area contributed by atoms with Gasteiger partial charge in [-0.3, -0.25) is 0 Å². The van der Waals surface area contributed by atoms with Crippen molar-refractivity contribution in [2.45, 2.75) is 70.9 Å². The van der Waals surface area contributed by atoms with E-state index < -0.39 is 0 Å². The van der Waals surface area contributed by atoms with Crippen LogP contribution in [0.2, 0.25) is 0 Å². The van der Waals surface area contributed by atoms with Crippen LogP contribution in [0.25, 0.3) is 0 Å². The molecule has 1 atom stereocenters. The molecule has 2 nitrogen and oxygen atoms in total. The van der Waals surface area contributed by atoms with E-state index >= 15 is 0 Å². The number of hydrogen-bond donors (Lipinski definition) is 1. The lowest BCUT2D eigenvalue weighted by atomic mass is 9.83. The zero-order valence-electron chi connectivity index (χ0n) is 13.2. The molecule has 1 heterocycles. The molecule has 0 saturated heterocycles. The Balaban J connectivity index is 2.12. The van der Waals surface area contributed by atoms with Gasteiger partial charge in [0, 0.05) is 18.0 Å². The highest BCUT2D eigenvalue weighted by Gasteiger charge is 2.37. The third-order valence-corrected chi connectivity index (χ3v) is 4.66. The second-order valence-corrected chi connectivity index (χ2v) is 5.95. The highest BCUT2D eigenvalue weighted by atomic mass is 16.5. The summed E-state index contributed by atoms with van der Waals surface area (Å²) in [6.07, 6.45) is 7.09. The minimum atomic E-state index is 0.0107.